The van der Waals surface area contributed by atoms with E-state index in [1.165, 1.54) is 24.1 Å². The van der Waals surface area contributed by atoms with Crippen LogP contribution in [0.3, 0.4) is 0 Å². The first-order chi connectivity index (χ1) is 18.7. The molecule has 0 saturated carbocycles. The Morgan fingerprint density at radius 3 is 2.44 bits per heavy atom. The Morgan fingerprint density at radius 1 is 1.03 bits per heavy atom. The Hall–Kier alpha value is -4.11. The molecule has 8 nitrogen and oxygen atoms in total. The minimum Gasteiger partial charge on any atom is -0.488 e. The lowest BCUT2D eigenvalue weighted by molar-refractivity contribution is -0.144. The summed E-state index contributed by atoms with van der Waals surface area (Å²) in [5.74, 6) is -2.38. The first-order valence-electron chi connectivity index (χ1n) is 12.4. The van der Waals surface area contributed by atoms with Crippen molar-refractivity contribution < 1.29 is 28.2 Å². The summed E-state index contributed by atoms with van der Waals surface area (Å²) < 4.78 is 26.1. The first-order valence-corrected chi connectivity index (χ1v) is 12.8. The molecule has 1 atom stereocenters. The molecule has 3 aromatic carbocycles. The monoisotopic (exact) mass is 553 g/mol. The van der Waals surface area contributed by atoms with Crippen LogP contribution in [-0.2, 0) is 16.0 Å². The number of hydrogen-bond acceptors (Lipinski definition) is 5. The number of aryl methyl sites for hydroxylation is 1. The summed E-state index contributed by atoms with van der Waals surface area (Å²) in [7, 11) is 1.29. The number of ether oxygens (including phenoxy) is 2. The number of likely N-dealkylation sites (tertiary alicyclic amines) is 1. The van der Waals surface area contributed by atoms with E-state index < -0.39 is 17.8 Å². The van der Waals surface area contributed by atoms with E-state index in [-0.39, 0.29) is 25.4 Å². The Labute approximate surface area is 231 Å². The highest BCUT2D eigenvalue weighted by molar-refractivity contribution is 6.33. The molecule has 3 amide bonds. The van der Waals surface area contributed by atoms with E-state index in [1.807, 2.05) is 6.92 Å². The quantitative estimate of drug-likeness (QED) is 0.264. The largest absolute Gasteiger partial charge is 0.488 e. The summed E-state index contributed by atoms with van der Waals surface area (Å²) in [5, 5.41) is 5.89. The van der Waals surface area contributed by atoms with Crippen molar-refractivity contribution >= 4 is 40.9 Å². The Kier molecular flexibility index (Phi) is 8.71. The maximum absolute atomic E-state index is 15.8. The molecular formula is C29H29ClFN3O5. The van der Waals surface area contributed by atoms with Gasteiger partial charge in [-0.1, -0.05) is 35.9 Å². The molecule has 1 heterocycles. The molecule has 204 valence electrons. The van der Waals surface area contributed by atoms with Crippen molar-refractivity contribution in [2.45, 2.75) is 32.0 Å². The predicted octanol–water partition coefficient (Wildman–Crippen LogP) is 5.99. The van der Waals surface area contributed by atoms with E-state index in [9.17, 15) is 14.4 Å². The molecule has 0 radical (unpaired) electrons. The number of benzene rings is 3. The molecule has 0 aliphatic carbocycles. The fourth-order valence-electron chi connectivity index (χ4n) is 4.43. The number of nitrogens with one attached hydrogen (secondary N) is 2. The highest BCUT2D eigenvalue weighted by atomic mass is 35.5. The van der Waals surface area contributed by atoms with E-state index >= 15 is 4.39 Å². The van der Waals surface area contributed by atoms with Crippen molar-refractivity contribution in [1.29, 1.82) is 0 Å². The van der Waals surface area contributed by atoms with Gasteiger partial charge in [0.2, 0.25) is 11.7 Å². The van der Waals surface area contributed by atoms with Crippen molar-refractivity contribution in [3.8, 4) is 5.75 Å². The normalized spacial score (nSPS) is 16.5. The van der Waals surface area contributed by atoms with E-state index in [4.69, 9.17) is 16.3 Å². The smallest absolute Gasteiger partial charge is 0.337 e. The summed E-state index contributed by atoms with van der Waals surface area (Å²) in [6, 6.07) is 17.9. The van der Waals surface area contributed by atoms with Crippen LogP contribution in [0.1, 0.15) is 34.3 Å². The van der Waals surface area contributed by atoms with Crippen LogP contribution in [0.5, 0.6) is 5.75 Å². The maximum atomic E-state index is 15.8. The number of para-hydroxylation sites is 1. The van der Waals surface area contributed by atoms with Crippen molar-refractivity contribution in [3.05, 3.63) is 88.4 Å². The summed E-state index contributed by atoms with van der Waals surface area (Å²) in [4.78, 5) is 38.3. The first kappa shape index (κ1) is 27.9. The van der Waals surface area contributed by atoms with Crippen LogP contribution in [0.2, 0.25) is 5.02 Å². The summed E-state index contributed by atoms with van der Waals surface area (Å²) in [6.07, 6.45) is 0.698. The van der Waals surface area contributed by atoms with Crippen LogP contribution in [-0.4, -0.2) is 48.9 Å². The number of alkyl halides is 1. The average molecular weight is 554 g/mol. The summed E-state index contributed by atoms with van der Waals surface area (Å²) >= 11 is 6.09. The lowest BCUT2D eigenvalue weighted by Gasteiger charge is -2.31. The molecule has 2 N–H and O–H groups in total. The zero-order valence-electron chi connectivity index (χ0n) is 21.6. The highest BCUT2D eigenvalue weighted by Gasteiger charge is 2.44. The SMILES string of the molecule is COC(=O)c1ccc(OC[C@@]2(F)CCCN2C(=O)Cc2ccc(NC(=O)Nc3ccccc3Cl)c(C)c2)cc1. The molecular weight excluding hydrogens is 525 g/mol. The third-order valence-electron chi connectivity index (χ3n) is 6.48. The Balaban J connectivity index is 1.34. The molecule has 0 bridgehead atoms. The molecule has 3 aromatic rings. The van der Waals surface area contributed by atoms with E-state index in [0.29, 0.717) is 46.2 Å². The second kappa shape index (κ2) is 12.2. The number of methoxy groups -OCH3 is 1. The lowest BCUT2D eigenvalue weighted by Crippen LogP contribution is -2.48. The molecule has 1 fully saturated rings. The molecule has 0 spiro atoms. The molecule has 0 unspecified atom stereocenters. The number of nitrogens with zero attached hydrogens (tertiary/aromatic N) is 1. The number of carbonyl (C=O) groups excluding carboxylic acids is 3. The third-order valence-corrected chi connectivity index (χ3v) is 6.81. The number of halogens is 2. The number of hydrogen-bond donors (Lipinski definition) is 2. The summed E-state index contributed by atoms with van der Waals surface area (Å²) in [6.45, 7) is 1.78. The van der Waals surface area contributed by atoms with Gasteiger partial charge in [0.05, 0.1) is 29.8 Å². The molecule has 1 aliphatic heterocycles. The van der Waals surface area contributed by atoms with Crippen molar-refractivity contribution in [2.24, 2.45) is 0 Å². The lowest BCUT2D eigenvalue weighted by atomic mass is 10.1. The minimum absolute atomic E-state index is 0.00638. The van der Waals surface area contributed by atoms with Crippen LogP contribution < -0.4 is 15.4 Å². The molecule has 39 heavy (non-hydrogen) atoms. The van der Waals surface area contributed by atoms with Gasteiger partial charge in [-0.2, -0.15) is 0 Å². The second-order valence-corrected chi connectivity index (χ2v) is 9.66. The number of esters is 1. The van der Waals surface area contributed by atoms with Crippen molar-refractivity contribution in [2.75, 3.05) is 30.9 Å². The number of carbonyl (C=O) groups is 3. The molecule has 4 rings (SSSR count). The Bertz CT molecular complexity index is 1370. The summed E-state index contributed by atoms with van der Waals surface area (Å²) in [5.41, 5.74) is 2.86. The van der Waals surface area contributed by atoms with Gasteiger partial charge in [0, 0.05) is 18.7 Å². The van der Waals surface area contributed by atoms with E-state index in [2.05, 4.69) is 15.4 Å². The number of anilines is 2. The van der Waals surface area contributed by atoms with Crippen LogP contribution in [0.4, 0.5) is 20.6 Å². The zero-order chi connectivity index (χ0) is 28.0. The van der Waals surface area contributed by atoms with Gasteiger partial charge in [0.25, 0.3) is 0 Å². The van der Waals surface area contributed by atoms with Crippen LogP contribution in [0.15, 0.2) is 66.7 Å². The average Bonchev–Trinajstić information content (AvgIpc) is 3.32. The third kappa shape index (κ3) is 6.86. The topological polar surface area (TPSA) is 97.0 Å². The van der Waals surface area contributed by atoms with Gasteiger partial charge < -0.3 is 25.0 Å². The second-order valence-electron chi connectivity index (χ2n) is 9.26. The van der Waals surface area contributed by atoms with Gasteiger partial charge in [-0.3, -0.25) is 4.79 Å². The number of amides is 3. The van der Waals surface area contributed by atoms with E-state index in [0.717, 1.165) is 5.56 Å². The van der Waals surface area contributed by atoms with Crippen molar-refractivity contribution in [3.63, 3.8) is 0 Å². The molecule has 0 aromatic heterocycles. The van der Waals surface area contributed by atoms with E-state index in [1.54, 1.807) is 54.6 Å². The minimum atomic E-state index is -1.94. The zero-order valence-corrected chi connectivity index (χ0v) is 22.4. The van der Waals surface area contributed by atoms with Crippen molar-refractivity contribution in [1.82, 2.24) is 4.90 Å². The van der Waals surface area contributed by atoms with Gasteiger partial charge in [-0.05, 0) is 66.9 Å². The molecule has 1 saturated heterocycles. The standard InChI is InChI=1S/C29H29ClFN3O5/c1-19-16-20(8-13-24(19)32-28(37)33-25-7-4-3-6-23(25)30)17-26(35)34-15-5-14-29(34,31)18-39-22-11-9-21(10-12-22)27(36)38-2/h3-4,6-13,16H,5,14-15,17-18H2,1-2H3,(H2,32,33,37)/t29-/m1/s1. The van der Waals surface area contributed by atoms with Gasteiger partial charge >= 0.3 is 12.0 Å². The van der Waals surface area contributed by atoms with Gasteiger partial charge in [-0.15, -0.1) is 0 Å². The fourth-order valence-corrected chi connectivity index (χ4v) is 4.61. The number of rotatable bonds is 8. The maximum Gasteiger partial charge on any atom is 0.337 e. The van der Waals surface area contributed by atoms with Crippen LogP contribution in [0, 0.1) is 6.92 Å². The molecule has 1 aliphatic rings. The van der Waals surface area contributed by atoms with Crippen LogP contribution >= 0.6 is 11.6 Å². The highest BCUT2D eigenvalue weighted by Crippen LogP contribution is 2.33. The number of urea groups is 1. The fraction of sp³-hybridized carbons (Fsp3) is 0.276. The van der Waals surface area contributed by atoms with Crippen LogP contribution in [0.25, 0.3) is 0 Å². The predicted molar refractivity (Wildman–Crippen MR) is 147 cm³/mol. The van der Waals surface area contributed by atoms with Gasteiger partial charge in [0.15, 0.2) is 0 Å². The Morgan fingerprint density at radius 2 is 1.74 bits per heavy atom. The van der Waals surface area contributed by atoms with Gasteiger partial charge in [-0.25, -0.2) is 14.0 Å². The molecule has 10 heteroatoms. The van der Waals surface area contributed by atoms with Gasteiger partial charge in [0.1, 0.15) is 12.4 Å².